The van der Waals surface area contributed by atoms with Gasteiger partial charge in [-0.1, -0.05) is 0 Å². The van der Waals surface area contributed by atoms with E-state index >= 15 is 0 Å². The van der Waals surface area contributed by atoms with Gasteiger partial charge in [-0.25, -0.2) is 13.2 Å². The predicted octanol–water partition coefficient (Wildman–Crippen LogP) is 2.19. The van der Waals surface area contributed by atoms with Crippen LogP contribution in [0.2, 0.25) is 0 Å². The van der Waals surface area contributed by atoms with Gasteiger partial charge in [0.2, 0.25) is 10.0 Å². The standard InChI is InChI=1S/C20H30N2O7S/c1-20(2,3)29-19(25)16(22(4)5)12-30(26,27)21-15-9-8-14(18(23)24)10-17(15)28-11-13-6-7-13/h8-10,13,16,21H,6-7,11-12H2,1-5H3,(H,23,24). The van der Waals surface area contributed by atoms with Crippen molar-refractivity contribution in [2.45, 2.75) is 45.3 Å². The van der Waals surface area contributed by atoms with E-state index in [1.165, 1.54) is 23.1 Å². The van der Waals surface area contributed by atoms with Crippen LogP contribution in [-0.2, 0) is 19.6 Å². The second-order valence-electron chi connectivity index (χ2n) is 8.67. The van der Waals surface area contributed by atoms with E-state index in [-0.39, 0.29) is 17.0 Å². The number of carboxylic acid groups (broad SMARTS) is 1. The molecule has 1 aliphatic carbocycles. The zero-order chi connectivity index (χ0) is 22.7. The highest BCUT2D eigenvalue weighted by Crippen LogP contribution is 2.33. The van der Waals surface area contributed by atoms with E-state index in [9.17, 15) is 23.1 Å². The molecule has 168 valence electrons. The zero-order valence-electron chi connectivity index (χ0n) is 18.0. The number of carbonyl (C=O) groups excluding carboxylic acids is 1. The van der Waals surface area contributed by atoms with Crippen LogP contribution >= 0.6 is 0 Å². The summed E-state index contributed by atoms with van der Waals surface area (Å²) in [6.45, 7) is 5.50. The first kappa shape index (κ1) is 23.9. The molecule has 0 spiro atoms. The number of nitrogens with one attached hydrogen (secondary N) is 1. The molecule has 30 heavy (non-hydrogen) atoms. The Morgan fingerprint density at radius 1 is 1.27 bits per heavy atom. The summed E-state index contributed by atoms with van der Waals surface area (Å²) in [5, 5.41) is 9.21. The number of carbonyl (C=O) groups is 2. The topological polar surface area (TPSA) is 122 Å². The Labute approximate surface area is 177 Å². The van der Waals surface area contributed by atoms with Crippen LogP contribution in [0.1, 0.15) is 44.0 Å². The summed E-state index contributed by atoms with van der Waals surface area (Å²) in [4.78, 5) is 25.2. The monoisotopic (exact) mass is 442 g/mol. The number of anilines is 1. The van der Waals surface area contributed by atoms with Crippen LogP contribution in [-0.4, -0.2) is 68.5 Å². The quantitative estimate of drug-likeness (QED) is 0.529. The van der Waals surface area contributed by atoms with Crippen molar-refractivity contribution in [3.05, 3.63) is 23.8 Å². The molecule has 1 unspecified atom stereocenters. The largest absolute Gasteiger partial charge is 0.491 e. The van der Waals surface area contributed by atoms with E-state index in [0.29, 0.717) is 12.5 Å². The molecular formula is C20H30N2O7S. The summed E-state index contributed by atoms with van der Waals surface area (Å²) in [5.74, 6) is -1.78. The van der Waals surface area contributed by atoms with Gasteiger partial charge >= 0.3 is 11.9 Å². The third-order valence-corrected chi connectivity index (χ3v) is 5.63. The van der Waals surface area contributed by atoms with Gasteiger partial charge < -0.3 is 14.6 Å². The Kier molecular flexibility index (Phi) is 7.36. The van der Waals surface area contributed by atoms with E-state index in [0.717, 1.165) is 12.8 Å². The molecule has 2 N–H and O–H groups in total. The zero-order valence-corrected chi connectivity index (χ0v) is 18.8. The molecule has 1 aromatic carbocycles. The van der Waals surface area contributed by atoms with Crippen molar-refractivity contribution >= 4 is 27.6 Å². The smallest absolute Gasteiger partial charge is 0.335 e. The van der Waals surface area contributed by atoms with E-state index in [4.69, 9.17) is 9.47 Å². The third kappa shape index (κ3) is 7.49. The fourth-order valence-electron chi connectivity index (χ4n) is 2.57. The fraction of sp³-hybridized carbons (Fsp3) is 0.600. The maximum absolute atomic E-state index is 12.8. The van der Waals surface area contributed by atoms with E-state index in [1.54, 1.807) is 34.9 Å². The molecule has 0 bridgehead atoms. The van der Waals surface area contributed by atoms with Gasteiger partial charge in [0.1, 0.15) is 17.4 Å². The van der Waals surface area contributed by atoms with Gasteiger partial charge in [-0.3, -0.25) is 14.4 Å². The highest BCUT2D eigenvalue weighted by molar-refractivity contribution is 7.92. The number of hydrogen-bond acceptors (Lipinski definition) is 7. The van der Waals surface area contributed by atoms with Crippen LogP contribution in [0.15, 0.2) is 18.2 Å². The highest BCUT2D eigenvalue weighted by atomic mass is 32.2. The molecular weight excluding hydrogens is 412 g/mol. The van der Waals surface area contributed by atoms with Crippen molar-refractivity contribution in [1.29, 1.82) is 0 Å². The minimum absolute atomic E-state index is 0.0105. The van der Waals surface area contributed by atoms with Gasteiger partial charge in [-0.2, -0.15) is 0 Å². The van der Waals surface area contributed by atoms with E-state index < -0.39 is 39.4 Å². The summed E-state index contributed by atoms with van der Waals surface area (Å²) in [5.41, 5.74) is -0.634. The number of carboxylic acids is 1. The predicted molar refractivity (Wildman–Crippen MR) is 112 cm³/mol. The summed E-state index contributed by atoms with van der Waals surface area (Å²) in [7, 11) is -0.792. The lowest BCUT2D eigenvalue weighted by Crippen LogP contribution is -2.45. The molecule has 1 aromatic rings. The van der Waals surface area contributed by atoms with Crippen LogP contribution in [0.25, 0.3) is 0 Å². The maximum atomic E-state index is 12.8. The number of nitrogens with zero attached hydrogens (tertiary/aromatic N) is 1. The van der Waals surface area contributed by atoms with Gasteiger partial charge in [0.25, 0.3) is 0 Å². The number of sulfonamides is 1. The first-order chi connectivity index (χ1) is 13.8. The van der Waals surface area contributed by atoms with E-state index in [2.05, 4.69) is 4.72 Å². The number of hydrogen-bond donors (Lipinski definition) is 2. The van der Waals surface area contributed by atoms with Crippen LogP contribution < -0.4 is 9.46 Å². The van der Waals surface area contributed by atoms with E-state index in [1.807, 2.05) is 0 Å². The first-order valence-corrected chi connectivity index (χ1v) is 11.3. The van der Waals surface area contributed by atoms with Crippen molar-refractivity contribution in [2.75, 3.05) is 31.2 Å². The molecule has 0 radical (unpaired) electrons. The molecule has 9 nitrogen and oxygen atoms in total. The Balaban J connectivity index is 2.21. The lowest BCUT2D eigenvalue weighted by atomic mass is 10.2. The lowest BCUT2D eigenvalue weighted by molar-refractivity contribution is -0.159. The molecule has 1 fully saturated rings. The molecule has 1 atom stereocenters. The Morgan fingerprint density at radius 2 is 1.90 bits per heavy atom. The van der Waals surface area contributed by atoms with Gasteiger partial charge in [0.15, 0.2) is 0 Å². The summed E-state index contributed by atoms with van der Waals surface area (Å²) in [6, 6.07) is 2.92. The van der Waals surface area contributed by atoms with Gasteiger partial charge in [-0.15, -0.1) is 0 Å². The minimum Gasteiger partial charge on any atom is -0.491 e. The number of ether oxygens (including phenoxy) is 2. The molecule has 0 aromatic heterocycles. The molecule has 0 heterocycles. The number of benzene rings is 1. The second kappa shape index (κ2) is 9.22. The summed E-state index contributed by atoms with van der Waals surface area (Å²) >= 11 is 0. The third-order valence-electron chi connectivity index (χ3n) is 4.34. The molecule has 10 heteroatoms. The Morgan fingerprint density at radius 3 is 2.40 bits per heavy atom. The van der Waals surface area contributed by atoms with Crippen LogP contribution in [0.4, 0.5) is 5.69 Å². The van der Waals surface area contributed by atoms with Gasteiger partial charge in [0, 0.05) is 0 Å². The summed E-state index contributed by atoms with van der Waals surface area (Å²) < 4.78 is 39.0. The number of aromatic carboxylic acids is 1. The van der Waals surface area contributed by atoms with Crippen molar-refractivity contribution in [1.82, 2.24) is 4.90 Å². The maximum Gasteiger partial charge on any atom is 0.335 e. The van der Waals surface area contributed by atoms with Gasteiger partial charge in [-0.05, 0) is 71.8 Å². The summed E-state index contributed by atoms with van der Waals surface area (Å²) in [6.07, 6.45) is 2.06. The Hall–Kier alpha value is -2.33. The molecule has 2 rings (SSSR count). The SMILES string of the molecule is CN(C)C(CS(=O)(=O)Nc1ccc(C(=O)O)cc1OCC1CC1)C(=O)OC(C)(C)C. The average Bonchev–Trinajstić information content (AvgIpc) is 3.41. The van der Waals surface area contributed by atoms with Crippen molar-refractivity contribution in [3.8, 4) is 5.75 Å². The molecule has 0 aliphatic heterocycles. The van der Waals surface area contributed by atoms with Crippen LogP contribution in [0.5, 0.6) is 5.75 Å². The van der Waals surface area contributed by atoms with Gasteiger partial charge in [0.05, 0.1) is 23.6 Å². The lowest BCUT2D eigenvalue weighted by Gasteiger charge is -2.27. The molecule has 1 aliphatic rings. The minimum atomic E-state index is -3.98. The average molecular weight is 443 g/mol. The Bertz CT molecular complexity index is 887. The fourth-order valence-corrected chi connectivity index (χ4v) is 4.00. The molecule has 0 saturated heterocycles. The van der Waals surface area contributed by atoms with Crippen LogP contribution in [0, 0.1) is 5.92 Å². The highest BCUT2D eigenvalue weighted by Gasteiger charge is 2.32. The van der Waals surface area contributed by atoms with Crippen molar-refractivity contribution in [3.63, 3.8) is 0 Å². The molecule has 0 amide bonds. The molecule has 1 saturated carbocycles. The first-order valence-electron chi connectivity index (χ1n) is 9.67. The second-order valence-corrected chi connectivity index (χ2v) is 10.4. The number of esters is 1. The van der Waals surface area contributed by atoms with Crippen molar-refractivity contribution in [2.24, 2.45) is 5.92 Å². The van der Waals surface area contributed by atoms with Crippen molar-refractivity contribution < 1.29 is 32.6 Å². The van der Waals surface area contributed by atoms with Crippen LogP contribution in [0.3, 0.4) is 0 Å². The number of likely N-dealkylation sites (N-methyl/N-ethyl adjacent to an activating group) is 1. The normalized spacial score (nSPS) is 15.5. The number of rotatable bonds is 10.